The summed E-state index contributed by atoms with van der Waals surface area (Å²) in [4.78, 5) is 4.33. The van der Waals surface area contributed by atoms with Gasteiger partial charge in [0.15, 0.2) is 0 Å². The molecule has 140 valence electrons. The van der Waals surface area contributed by atoms with Crippen LogP contribution in [0.4, 0.5) is 13.2 Å². The van der Waals surface area contributed by atoms with Crippen LogP contribution in [-0.4, -0.2) is 54.6 Å². The van der Waals surface area contributed by atoms with Gasteiger partial charge in [-0.05, 0) is 25.5 Å². The first-order chi connectivity index (χ1) is 11.6. The number of hydrogen-bond acceptors (Lipinski definition) is 5. The van der Waals surface area contributed by atoms with Crippen LogP contribution in [0.2, 0.25) is 0 Å². The Labute approximate surface area is 144 Å². The Bertz CT molecular complexity index is 733. The highest BCUT2D eigenvalue weighted by atomic mass is 32.2. The first kappa shape index (κ1) is 18.6. The summed E-state index contributed by atoms with van der Waals surface area (Å²) < 4.78 is 72.3. The summed E-state index contributed by atoms with van der Waals surface area (Å²) in [6.07, 6.45) is 0.772. The summed E-state index contributed by atoms with van der Waals surface area (Å²) in [5, 5.41) is 0. The van der Waals surface area contributed by atoms with E-state index in [1.807, 2.05) is 25.1 Å². The Morgan fingerprint density at radius 3 is 2.76 bits per heavy atom. The molecule has 2 fully saturated rings. The quantitative estimate of drug-likeness (QED) is 0.799. The molecule has 1 aromatic rings. The van der Waals surface area contributed by atoms with E-state index in [4.69, 9.17) is 9.47 Å². The molecule has 0 N–H and O–H groups in total. The fourth-order valence-electron chi connectivity index (χ4n) is 3.14. The van der Waals surface area contributed by atoms with Gasteiger partial charge in [-0.3, -0.25) is 4.98 Å². The van der Waals surface area contributed by atoms with Gasteiger partial charge in [0.1, 0.15) is 0 Å². The van der Waals surface area contributed by atoms with Crippen LogP contribution in [0, 0.1) is 6.92 Å². The van der Waals surface area contributed by atoms with Crippen molar-refractivity contribution in [1.82, 2.24) is 9.29 Å². The smallest absolute Gasteiger partial charge is 0.372 e. The number of hydrogen-bond donors (Lipinski definition) is 0. The van der Waals surface area contributed by atoms with Gasteiger partial charge in [-0.2, -0.15) is 17.5 Å². The molecular formula is C15H19F3N2O4S. The van der Waals surface area contributed by atoms with Gasteiger partial charge in [0.25, 0.3) is 0 Å². The molecule has 0 aliphatic carbocycles. The van der Waals surface area contributed by atoms with Gasteiger partial charge in [-0.1, -0.05) is 6.07 Å². The fourth-order valence-corrected chi connectivity index (χ4v) is 4.24. The Kier molecular flexibility index (Phi) is 4.82. The van der Waals surface area contributed by atoms with Crippen LogP contribution in [0.25, 0.3) is 0 Å². The lowest BCUT2D eigenvalue weighted by Gasteiger charge is -2.51. The topological polar surface area (TPSA) is 68.7 Å². The van der Waals surface area contributed by atoms with Crippen LogP contribution in [0.3, 0.4) is 0 Å². The van der Waals surface area contributed by atoms with Gasteiger partial charge >= 0.3 is 15.5 Å². The van der Waals surface area contributed by atoms with E-state index in [0.29, 0.717) is 30.4 Å². The maximum Gasteiger partial charge on any atom is 0.511 e. The summed E-state index contributed by atoms with van der Waals surface area (Å²) in [6.45, 7) is 1.91. The van der Waals surface area contributed by atoms with E-state index in [0.717, 1.165) is 11.4 Å². The number of pyridine rings is 1. The third-order valence-electron chi connectivity index (χ3n) is 4.42. The fraction of sp³-hybridized carbons (Fsp3) is 0.667. The number of rotatable bonds is 4. The maximum atomic E-state index is 12.6. The van der Waals surface area contributed by atoms with Crippen LogP contribution < -0.4 is 0 Å². The van der Waals surface area contributed by atoms with Gasteiger partial charge in [-0.25, -0.2) is 8.42 Å². The molecule has 0 saturated carbocycles. The second kappa shape index (κ2) is 6.49. The minimum Gasteiger partial charge on any atom is -0.372 e. The molecule has 0 aromatic carbocycles. The van der Waals surface area contributed by atoms with Crippen LogP contribution in [0.5, 0.6) is 0 Å². The molecule has 0 radical (unpaired) electrons. The van der Waals surface area contributed by atoms with Crippen molar-refractivity contribution < 1.29 is 31.1 Å². The Morgan fingerprint density at radius 1 is 1.40 bits per heavy atom. The first-order valence-corrected chi connectivity index (χ1v) is 9.30. The molecule has 1 spiro atoms. The van der Waals surface area contributed by atoms with Crippen molar-refractivity contribution in [2.75, 3.05) is 19.7 Å². The van der Waals surface area contributed by atoms with Crippen LogP contribution in [-0.2, 0) is 26.1 Å². The van der Waals surface area contributed by atoms with E-state index in [1.54, 1.807) is 0 Å². The minimum absolute atomic E-state index is 0.202. The second-order valence-corrected chi connectivity index (χ2v) is 8.38. The van der Waals surface area contributed by atoms with E-state index in [-0.39, 0.29) is 19.2 Å². The first-order valence-electron chi connectivity index (χ1n) is 7.86. The number of halogens is 3. The standard InChI is InChI=1S/C15H19F3N2O4S/c1-11-3-2-4-12(19-11)8-23-13-5-6-24-14(7-13)9-20(10-14)25(21,22)15(16,17)18/h2-4,13H,5-10H2,1H3/t13-/m0/s1. The van der Waals surface area contributed by atoms with E-state index in [9.17, 15) is 21.6 Å². The van der Waals surface area contributed by atoms with Crippen molar-refractivity contribution in [3.05, 3.63) is 29.6 Å². The molecule has 1 aromatic heterocycles. The molecule has 6 nitrogen and oxygen atoms in total. The zero-order chi connectivity index (χ0) is 18.3. The van der Waals surface area contributed by atoms with Gasteiger partial charge in [0, 0.05) is 31.8 Å². The minimum atomic E-state index is -5.29. The highest BCUT2D eigenvalue weighted by molar-refractivity contribution is 7.90. The summed E-state index contributed by atoms with van der Waals surface area (Å²) >= 11 is 0. The molecule has 0 bridgehead atoms. The molecular weight excluding hydrogens is 361 g/mol. The number of alkyl halides is 3. The predicted molar refractivity (Wildman–Crippen MR) is 82.0 cm³/mol. The van der Waals surface area contributed by atoms with E-state index < -0.39 is 21.1 Å². The molecule has 25 heavy (non-hydrogen) atoms. The van der Waals surface area contributed by atoms with E-state index in [1.165, 1.54) is 0 Å². The summed E-state index contributed by atoms with van der Waals surface area (Å²) in [7, 11) is -5.29. The summed E-state index contributed by atoms with van der Waals surface area (Å²) in [5.41, 5.74) is -4.52. The lowest BCUT2D eigenvalue weighted by Crippen LogP contribution is -2.68. The average molecular weight is 380 g/mol. The van der Waals surface area contributed by atoms with E-state index >= 15 is 0 Å². The number of aromatic nitrogens is 1. The summed E-state index contributed by atoms with van der Waals surface area (Å²) in [5.74, 6) is 0. The Hall–Kier alpha value is -1.23. The summed E-state index contributed by atoms with van der Waals surface area (Å²) in [6, 6.07) is 5.58. The maximum absolute atomic E-state index is 12.6. The average Bonchev–Trinajstić information content (AvgIpc) is 2.50. The molecule has 10 heteroatoms. The van der Waals surface area contributed by atoms with E-state index in [2.05, 4.69) is 4.98 Å². The highest BCUT2D eigenvalue weighted by Crippen LogP contribution is 2.40. The molecule has 0 amide bonds. The van der Waals surface area contributed by atoms with Crippen molar-refractivity contribution in [3.8, 4) is 0 Å². The largest absolute Gasteiger partial charge is 0.511 e. The number of nitrogens with zero attached hydrogens (tertiary/aromatic N) is 2. The number of aryl methyl sites for hydroxylation is 1. The second-order valence-electron chi connectivity index (χ2n) is 6.45. The van der Waals surface area contributed by atoms with Gasteiger partial charge in [0.05, 0.1) is 24.0 Å². The molecule has 3 rings (SSSR count). The molecule has 2 aliphatic heterocycles. The third-order valence-corrected chi connectivity index (χ3v) is 5.95. The Morgan fingerprint density at radius 2 is 2.12 bits per heavy atom. The Balaban J connectivity index is 1.56. The molecule has 0 unspecified atom stereocenters. The van der Waals surface area contributed by atoms with Crippen molar-refractivity contribution in [2.45, 2.75) is 43.6 Å². The van der Waals surface area contributed by atoms with Gasteiger partial charge in [-0.15, -0.1) is 0 Å². The zero-order valence-corrected chi connectivity index (χ0v) is 14.4. The monoisotopic (exact) mass is 380 g/mol. The third kappa shape index (κ3) is 3.81. The molecule has 3 heterocycles. The normalized spacial score (nSPS) is 24.2. The van der Waals surface area contributed by atoms with Crippen LogP contribution in [0.1, 0.15) is 24.2 Å². The predicted octanol–water partition coefficient (Wildman–Crippen LogP) is 1.99. The number of sulfonamides is 1. The van der Waals surface area contributed by atoms with Gasteiger partial charge in [0.2, 0.25) is 0 Å². The molecule has 1 atom stereocenters. The molecule has 2 saturated heterocycles. The highest BCUT2D eigenvalue weighted by Gasteiger charge is 2.59. The zero-order valence-electron chi connectivity index (χ0n) is 13.6. The lowest BCUT2D eigenvalue weighted by molar-refractivity contribution is -0.183. The van der Waals surface area contributed by atoms with Gasteiger partial charge < -0.3 is 9.47 Å². The van der Waals surface area contributed by atoms with Crippen LogP contribution >= 0.6 is 0 Å². The van der Waals surface area contributed by atoms with Crippen molar-refractivity contribution in [2.24, 2.45) is 0 Å². The SMILES string of the molecule is Cc1cccc(CO[C@H]2CCOC3(C2)CN(S(=O)(=O)C(F)(F)F)C3)n1. The van der Waals surface area contributed by atoms with Crippen LogP contribution in [0.15, 0.2) is 18.2 Å². The lowest BCUT2D eigenvalue weighted by atomic mass is 9.86. The van der Waals surface area contributed by atoms with Crippen molar-refractivity contribution in [3.63, 3.8) is 0 Å². The number of ether oxygens (including phenoxy) is 2. The van der Waals surface area contributed by atoms with Crippen molar-refractivity contribution in [1.29, 1.82) is 0 Å². The molecule has 2 aliphatic rings. The van der Waals surface area contributed by atoms with Crippen molar-refractivity contribution >= 4 is 10.0 Å².